The van der Waals surface area contributed by atoms with Gasteiger partial charge in [-0.3, -0.25) is 19.0 Å². The third kappa shape index (κ3) is 13.6. The smallest absolute Gasteiger partial charge is 0.230 e. The van der Waals surface area contributed by atoms with E-state index in [1.165, 1.54) is 12.5 Å². The first-order chi connectivity index (χ1) is 39.3. The molecule has 2 spiro atoms. The Balaban J connectivity index is 0.000000190. The second-order valence-electron chi connectivity index (χ2n) is 21.1. The number of nitrogens with zero attached hydrogens (tertiary/aromatic N) is 7. The highest BCUT2D eigenvalue weighted by Gasteiger charge is 2.42. The van der Waals surface area contributed by atoms with Crippen LogP contribution in [0.4, 0.5) is 14.6 Å². The Kier molecular flexibility index (Phi) is 18.6. The van der Waals surface area contributed by atoms with Crippen LogP contribution in [-0.2, 0) is 19.1 Å². The Morgan fingerprint density at radius 2 is 1.31 bits per heavy atom. The second kappa shape index (κ2) is 26.1. The Bertz CT molecular complexity index is 3370. The van der Waals surface area contributed by atoms with Gasteiger partial charge in [-0.1, -0.05) is 6.58 Å². The number of fused-ring (bicyclic) bond motifs is 3. The molecule has 4 fully saturated rings. The maximum absolute atomic E-state index is 15.1. The summed E-state index contributed by atoms with van der Waals surface area (Å²) in [5.74, 6) is 3.79. The lowest BCUT2D eigenvalue weighted by Gasteiger charge is -2.47. The van der Waals surface area contributed by atoms with Crippen molar-refractivity contribution >= 4 is 56.7 Å². The van der Waals surface area contributed by atoms with Crippen molar-refractivity contribution in [1.29, 1.82) is 0 Å². The number of aromatic amines is 2. The lowest BCUT2D eigenvalue weighted by molar-refractivity contribution is -0.153. The number of H-pyrrole nitrogens is 2. The van der Waals surface area contributed by atoms with E-state index in [9.17, 15) is 14.0 Å². The first-order valence-corrected chi connectivity index (χ1v) is 27.3. The number of pyridine rings is 2. The molecule has 0 saturated carbocycles. The number of aliphatic imine (C=N–C) groups is 1. The number of nitrogens with one attached hydrogen (secondary N) is 2. The molecule has 4 aliphatic heterocycles. The van der Waals surface area contributed by atoms with Crippen LogP contribution in [0.5, 0.6) is 40.4 Å². The molecule has 5 aromatic heterocycles. The molecule has 2 N–H and O–H groups in total. The molecule has 4 saturated heterocycles. The van der Waals surface area contributed by atoms with Crippen molar-refractivity contribution in [3.8, 4) is 40.4 Å². The van der Waals surface area contributed by atoms with Crippen molar-refractivity contribution in [2.75, 3.05) is 87.2 Å². The van der Waals surface area contributed by atoms with E-state index in [-0.39, 0.29) is 17.6 Å². The number of likely N-dealkylation sites (tertiary alicyclic amines) is 2. The minimum atomic E-state index is -0.489. The molecule has 9 heterocycles. The number of halogens is 2. The van der Waals surface area contributed by atoms with Gasteiger partial charge in [0, 0.05) is 86.1 Å². The zero-order valence-corrected chi connectivity index (χ0v) is 47.0. The highest BCUT2D eigenvalue weighted by Crippen LogP contribution is 2.42. The number of hydrogen-bond acceptors (Lipinski definition) is 15. The molecule has 4 aliphatic rings. The summed E-state index contributed by atoms with van der Waals surface area (Å²) in [6.07, 6.45) is 13.2. The third-order valence-corrected chi connectivity index (χ3v) is 15.4. The van der Waals surface area contributed by atoms with Crippen molar-refractivity contribution in [3.05, 3.63) is 96.3 Å². The van der Waals surface area contributed by atoms with Gasteiger partial charge < -0.3 is 57.7 Å². The molecule has 0 aliphatic carbocycles. The quantitative estimate of drug-likeness (QED) is 0.0465. The van der Waals surface area contributed by atoms with E-state index in [1.807, 2.05) is 36.6 Å². The van der Waals surface area contributed by atoms with Gasteiger partial charge in [0.15, 0.2) is 34.6 Å². The molecule has 0 bridgehead atoms. The maximum atomic E-state index is 15.1. The zero-order valence-electron chi connectivity index (χ0n) is 47.0. The van der Waals surface area contributed by atoms with Gasteiger partial charge in [-0.15, -0.1) is 0 Å². The molecule has 11 rings (SSSR count). The number of aryl methyl sites for hydroxylation is 3. The normalized spacial score (nSPS) is 16.2. The van der Waals surface area contributed by atoms with E-state index >= 15 is 4.39 Å². The van der Waals surface area contributed by atoms with Crippen molar-refractivity contribution in [3.63, 3.8) is 0 Å². The van der Waals surface area contributed by atoms with Crippen LogP contribution in [-0.4, -0.2) is 145 Å². The van der Waals surface area contributed by atoms with Gasteiger partial charge in [0.1, 0.15) is 29.3 Å². The molecular formula is C60H71F2N9O10. The highest BCUT2D eigenvalue weighted by molar-refractivity contribution is 5.89. The lowest BCUT2D eigenvalue weighted by Crippen LogP contribution is -2.52. The molecule has 2 amide bonds. The van der Waals surface area contributed by atoms with E-state index in [1.54, 1.807) is 63.0 Å². The Labute approximate surface area is 469 Å². The zero-order chi connectivity index (χ0) is 57.1. The molecule has 0 unspecified atom stereocenters. The maximum Gasteiger partial charge on any atom is 0.230 e. The first-order valence-electron chi connectivity index (χ1n) is 27.3. The summed E-state index contributed by atoms with van der Waals surface area (Å²) in [6, 6.07) is 12.5. The van der Waals surface area contributed by atoms with Crippen LogP contribution in [0, 0.1) is 37.4 Å². The van der Waals surface area contributed by atoms with Crippen molar-refractivity contribution < 1.29 is 56.3 Å². The number of aromatic nitrogens is 6. The monoisotopic (exact) mass is 1120 g/mol. The third-order valence-electron chi connectivity index (χ3n) is 15.4. The molecule has 81 heavy (non-hydrogen) atoms. The standard InChI is InChI=1S/C30H37N5O5.C29H31FN4O5.CH3F/c1-20-14-21(2)34-28(20)31-17-22(3)40-29-23-15-25(37-4)26(16-24(23)32-19-33-29)39-12-5-6-27(36)35-10-7-30(8-11-35)9-13-38-18-30;1-18-12-20-27(30)25(15-32-28(20)33-18)39-22-5-8-31-21-14-24(23(36-2)13-19(21)22)38-11-3-4-26(35)34-9-6-29(7-10-34)16-37-17-29;1-2/h14-17,19,34H,3,5-13,18H2,1-2,4H3;5,8,12-15H,3-4,6-7,9-11,16-17H2,1-2H3,(H,32,33);1H3/b31-17-;;. The highest BCUT2D eigenvalue weighted by atomic mass is 19.1. The largest absolute Gasteiger partial charge is 0.493 e. The van der Waals surface area contributed by atoms with E-state index in [2.05, 4.69) is 41.5 Å². The van der Waals surface area contributed by atoms with Crippen LogP contribution in [0.25, 0.3) is 32.8 Å². The topological polar surface area (TPSA) is 210 Å². The molecular weight excluding hydrogens is 1040 g/mol. The summed E-state index contributed by atoms with van der Waals surface area (Å²) < 4.78 is 70.6. The molecule has 430 valence electrons. The number of carbonyl (C=O) groups excluding carboxylic acids is 2. The number of amides is 2. The van der Waals surface area contributed by atoms with Crippen LogP contribution in [0.15, 0.2) is 78.5 Å². The first kappa shape index (κ1) is 57.8. The Morgan fingerprint density at radius 1 is 0.704 bits per heavy atom. The number of hydrogen-bond donors (Lipinski definition) is 2. The van der Waals surface area contributed by atoms with Crippen LogP contribution >= 0.6 is 0 Å². The fourth-order valence-electron chi connectivity index (χ4n) is 10.7. The van der Waals surface area contributed by atoms with Crippen LogP contribution in [0.1, 0.15) is 74.7 Å². The van der Waals surface area contributed by atoms with Gasteiger partial charge in [-0.2, -0.15) is 0 Å². The molecule has 7 aromatic rings. The van der Waals surface area contributed by atoms with Crippen molar-refractivity contribution in [1.82, 2.24) is 39.7 Å². The average Bonchev–Trinajstić information content (AvgIpc) is 4.24. The summed E-state index contributed by atoms with van der Waals surface area (Å²) in [6.45, 7) is 17.1. The van der Waals surface area contributed by atoms with Gasteiger partial charge in [-0.05, 0) is 107 Å². The van der Waals surface area contributed by atoms with E-state index in [0.717, 1.165) is 107 Å². The van der Waals surface area contributed by atoms with E-state index < -0.39 is 5.82 Å². The number of carbonyl (C=O) groups is 2. The van der Waals surface area contributed by atoms with Crippen LogP contribution in [0.3, 0.4) is 0 Å². The predicted molar refractivity (Wildman–Crippen MR) is 303 cm³/mol. The number of ether oxygens (including phenoxy) is 8. The number of allylic oxidation sites excluding steroid dienone is 1. The average molecular weight is 1120 g/mol. The SMILES string of the molecule is C=C(/C=N\c1[nH]c(C)cc1C)Oc1ncnc2cc(OCCCC(=O)N3CCC4(CCOC4)CC3)c(OC)cc12.CF.COc1cc2c(Oc3cnc4[nH]c(C)cc4c3F)ccnc2cc1OCCCC(=O)N1CCC2(CC1)COC2. The molecule has 21 heteroatoms. The van der Waals surface area contributed by atoms with E-state index in [0.29, 0.717) is 130 Å². The van der Waals surface area contributed by atoms with Crippen LogP contribution in [0.2, 0.25) is 0 Å². The predicted octanol–water partition coefficient (Wildman–Crippen LogP) is 10.8. The summed E-state index contributed by atoms with van der Waals surface area (Å²) >= 11 is 0. The van der Waals surface area contributed by atoms with E-state index in [4.69, 9.17) is 37.9 Å². The number of methoxy groups -OCH3 is 2. The summed E-state index contributed by atoms with van der Waals surface area (Å²) in [7, 11) is 3.63. The van der Waals surface area contributed by atoms with Gasteiger partial charge in [0.05, 0.1) is 88.6 Å². The van der Waals surface area contributed by atoms with Gasteiger partial charge in [0.2, 0.25) is 17.7 Å². The molecule has 2 aromatic carbocycles. The molecule has 0 atom stereocenters. The van der Waals surface area contributed by atoms with Gasteiger partial charge >= 0.3 is 0 Å². The Morgan fingerprint density at radius 3 is 1.89 bits per heavy atom. The number of benzene rings is 2. The minimum absolute atomic E-state index is 0.0165. The summed E-state index contributed by atoms with van der Waals surface area (Å²) in [4.78, 5) is 57.4. The van der Waals surface area contributed by atoms with Crippen molar-refractivity contribution in [2.45, 2.75) is 78.6 Å². The number of piperidine rings is 2. The molecule has 0 radical (unpaired) electrons. The van der Waals surface area contributed by atoms with Crippen LogP contribution < -0.4 is 28.4 Å². The second-order valence-corrected chi connectivity index (χ2v) is 21.1. The fourth-order valence-corrected chi connectivity index (χ4v) is 10.7. The summed E-state index contributed by atoms with van der Waals surface area (Å²) in [5, 5.41) is 1.66. The fraction of sp³-hybridized carbons (Fsp3) is 0.450. The minimum Gasteiger partial charge on any atom is -0.493 e. The number of alkyl halides is 1. The lowest BCUT2D eigenvalue weighted by atomic mass is 9.77. The van der Waals surface area contributed by atoms with Gasteiger partial charge in [0.25, 0.3) is 0 Å². The van der Waals surface area contributed by atoms with Gasteiger partial charge in [-0.25, -0.2) is 24.3 Å². The van der Waals surface area contributed by atoms with Crippen molar-refractivity contribution in [2.24, 2.45) is 15.8 Å². The molecule has 19 nitrogen and oxygen atoms in total. The summed E-state index contributed by atoms with van der Waals surface area (Å²) in [5.41, 5.74) is 5.20. The number of rotatable bonds is 18. The Hall–Kier alpha value is -7.91.